The molecule has 0 saturated heterocycles. The molecule has 0 nitrogen and oxygen atoms in total. The summed E-state index contributed by atoms with van der Waals surface area (Å²) in [5.41, 5.74) is 1.47. The Morgan fingerprint density at radius 3 is 2.36 bits per heavy atom. The molecular formula is C11H20. The zero-order valence-corrected chi connectivity index (χ0v) is 8.06. The van der Waals surface area contributed by atoms with E-state index < -0.39 is 0 Å². The number of hydrogen-bond acceptors (Lipinski definition) is 0. The smallest absolute Gasteiger partial charge is 0.0311 e. The molecule has 0 amide bonds. The Morgan fingerprint density at radius 1 is 1.18 bits per heavy atom. The van der Waals surface area contributed by atoms with Gasteiger partial charge in [0.2, 0.25) is 0 Å². The molecule has 0 N–H and O–H groups in total. The summed E-state index contributed by atoms with van der Waals surface area (Å²) in [5, 5.41) is 0. The highest BCUT2D eigenvalue weighted by Gasteiger charge is 1.84. The Labute approximate surface area is 71.0 Å². The molecule has 0 fully saturated rings. The van der Waals surface area contributed by atoms with Crippen molar-refractivity contribution in [3.63, 3.8) is 0 Å². The minimum Gasteiger partial charge on any atom is -0.0843 e. The van der Waals surface area contributed by atoms with E-state index in [-0.39, 0.29) is 0 Å². The average molecular weight is 152 g/mol. The van der Waals surface area contributed by atoms with Crippen LogP contribution in [0.15, 0.2) is 23.8 Å². The van der Waals surface area contributed by atoms with E-state index in [2.05, 4.69) is 39.0 Å². The summed E-state index contributed by atoms with van der Waals surface area (Å²) in [4.78, 5) is 0. The van der Waals surface area contributed by atoms with Gasteiger partial charge in [-0.3, -0.25) is 0 Å². The topological polar surface area (TPSA) is 0 Å². The van der Waals surface area contributed by atoms with Crippen LogP contribution >= 0.6 is 0 Å². The molecule has 0 spiro atoms. The normalized spacial score (nSPS) is 12.8. The predicted molar refractivity (Wildman–Crippen MR) is 52.7 cm³/mol. The highest BCUT2D eigenvalue weighted by Crippen LogP contribution is 2.04. The van der Waals surface area contributed by atoms with Crippen molar-refractivity contribution in [2.75, 3.05) is 0 Å². The molecule has 64 valence electrons. The van der Waals surface area contributed by atoms with Gasteiger partial charge in [-0.25, -0.2) is 0 Å². The third kappa shape index (κ3) is 5.90. The summed E-state index contributed by atoms with van der Waals surface area (Å²) < 4.78 is 0. The summed E-state index contributed by atoms with van der Waals surface area (Å²) in [5.74, 6) is 0. The van der Waals surface area contributed by atoms with Crippen molar-refractivity contribution >= 4 is 0 Å². The highest BCUT2D eigenvalue weighted by atomic mass is 13.9. The monoisotopic (exact) mass is 152 g/mol. The first-order valence-electron chi connectivity index (χ1n) is 4.70. The fourth-order valence-corrected chi connectivity index (χ4v) is 0.994. The molecule has 11 heavy (non-hydrogen) atoms. The van der Waals surface area contributed by atoms with Crippen LogP contribution in [-0.2, 0) is 0 Å². The third-order valence-electron chi connectivity index (χ3n) is 1.66. The molecule has 0 saturated carbocycles. The molecule has 0 atom stereocenters. The van der Waals surface area contributed by atoms with Gasteiger partial charge in [0.25, 0.3) is 0 Å². The van der Waals surface area contributed by atoms with Gasteiger partial charge in [-0.05, 0) is 19.3 Å². The van der Waals surface area contributed by atoms with Gasteiger partial charge >= 0.3 is 0 Å². The summed E-state index contributed by atoms with van der Waals surface area (Å²) in [7, 11) is 0. The number of rotatable bonds is 5. The van der Waals surface area contributed by atoms with E-state index in [0.29, 0.717) is 0 Å². The van der Waals surface area contributed by atoms with Crippen LogP contribution in [0.5, 0.6) is 0 Å². The van der Waals surface area contributed by atoms with Gasteiger partial charge in [0.05, 0.1) is 0 Å². The average Bonchev–Trinajstić information content (AvgIpc) is 2.03. The molecule has 0 unspecified atom stereocenters. The van der Waals surface area contributed by atoms with Gasteiger partial charge < -0.3 is 0 Å². The lowest BCUT2D eigenvalue weighted by atomic mass is 10.1. The van der Waals surface area contributed by atoms with Crippen LogP contribution < -0.4 is 0 Å². The van der Waals surface area contributed by atoms with E-state index in [0.717, 1.165) is 12.8 Å². The summed E-state index contributed by atoms with van der Waals surface area (Å²) in [6, 6.07) is 0. The summed E-state index contributed by atoms with van der Waals surface area (Å²) in [6.45, 7) is 6.60. The van der Waals surface area contributed by atoms with Crippen molar-refractivity contribution < 1.29 is 0 Å². The van der Waals surface area contributed by atoms with Crippen molar-refractivity contribution in [1.82, 2.24) is 0 Å². The van der Waals surface area contributed by atoms with Crippen LogP contribution in [0.4, 0.5) is 0 Å². The van der Waals surface area contributed by atoms with E-state index in [9.17, 15) is 0 Å². The van der Waals surface area contributed by atoms with Gasteiger partial charge in [-0.2, -0.15) is 0 Å². The SMILES string of the molecule is CCC=C(/C=C/CCC)CC. The minimum atomic E-state index is 1.15. The van der Waals surface area contributed by atoms with Crippen LogP contribution in [0.25, 0.3) is 0 Å². The lowest BCUT2D eigenvalue weighted by Crippen LogP contribution is -1.74. The standard InChI is InChI=1S/C11H20/c1-4-7-8-10-11(6-3)9-5-2/h8-10H,4-7H2,1-3H3/b10-8+,11-9?. The van der Waals surface area contributed by atoms with Crippen molar-refractivity contribution in [2.24, 2.45) is 0 Å². The lowest BCUT2D eigenvalue weighted by Gasteiger charge is -1.94. The van der Waals surface area contributed by atoms with Crippen LogP contribution in [0.2, 0.25) is 0 Å². The lowest BCUT2D eigenvalue weighted by molar-refractivity contribution is 0.954. The van der Waals surface area contributed by atoms with Crippen molar-refractivity contribution in [2.45, 2.75) is 46.5 Å². The Bertz CT molecular complexity index is 129. The molecule has 0 aromatic rings. The quantitative estimate of drug-likeness (QED) is 0.520. The molecule has 0 bridgehead atoms. The molecule has 0 rings (SSSR count). The van der Waals surface area contributed by atoms with Crippen LogP contribution in [0.3, 0.4) is 0 Å². The molecule has 0 heteroatoms. The Hall–Kier alpha value is -0.520. The van der Waals surface area contributed by atoms with E-state index in [1.807, 2.05) is 0 Å². The second-order valence-corrected chi connectivity index (χ2v) is 2.73. The fourth-order valence-electron chi connectivity index (χ4n) is 0.994. The second kappa shape index (κ2) is 7.59. The molecule has 0 heterocycles. The first kappa shape index (κ1) is 10.5. The summed E-state index contributed by atoms with van der Waals surface area (Å²) >= 11 is 0. The number of hydrogen-bond donors (Lipinski definition) is 0. The van der Waals surface area contributed by atoms with Crippen molar-refractivity contribution in [3.05, 3.63) is 23.8 Å². The number of unbranched alkanes of at least 4 members (excludes halogenated alkanes) is 1. The molecule has 0 radical (unpaired) electrons. The van der Waals surface area contributed by atoms with Gasteiger partial charge in [-0.1, -0.05) is 51.0 Å². The molecule has 0 aromatic carbocycles. The van der Waals surface area contributed by atoms with Gasteiger partial charge in [0.1, 0.15) is 0 Å². The van der Waals surface area contributed by atoms with E-state index >= 15 is 0 Å². The van der Waals surface area contributed by atoms with Gasteiger partial charge in [0, 0.05) is 0 Å². The first-order valence-corrected chi connectivity index (χ1v) is 4.70. The molecular weight excluding hydrogens is 132 g/mol. The Kier molecular flexibility index (Phi) is 7.23. The van der Waals surface area contributed by atoms with Crippen LogP contribution in [0, 0.1) is 0 Å². The first-order chi connectivity index (χ1) is 5.35. The van der Waals surface area contributed by atoms with Crippen LogP contribution in [-0.4, -0.2) is 0 Å². The second-order valence-electron chi connectivity index (χ2n) is 2.73. The maximum absolute atomic E-state index is 2.30. The maximum Gasteiger partial charge on any atom is -0.0311 e. The number of allylic oxidation sites excluding steroid dienone is 4. The van der Waals surface area contributed by atoms with Crippen LogP contribution in [0.1, 0.15) is 46.5 Å². The predicted octanol–water partition coefficient (Wildman–Crippen LogP) is 4.09. The van der Waals surface area contributed by atoms with Gasteiger partial charge in [0.15, 0.2) is 0 Å². The zero-order valence-electron chi connectivity index (χ0n) is 8.06. The molecule has 0 aliphatic carbocycles. The molecule has 0 aliphatic rings. The Balaban J connectivity index is 3.76. The van der Waals surface area contributed by atoms with Gasteiger partial charge in [-0.15, -0.1) is 0 Å². The molecule has 0 aromatic heterocycles. The molecule has 0 aliphatic heterocycles. The van der Waals surface area contributed by atoms with Crippen molar-refractivity contribution in [3.8, 4) is 0 Å². The minimum absolute atomic E-state index is 1.15. The maximum atomic E-state index is 2.30. The van der Waals surface area contributed by atoms with Crippen molar-refractivity contribution in [1.29, 1.82) is 0 Å². The van der Waals surface area contributed by atoms with E-state index in [4.69, 9.17) is 0 Å². The third-order valence-corrected chi connectivity index (χ3v) is 1.66. The zero-order chi connectivity index (χ0) is 8.53. The van der Waals surface area contributed by atoms with E-state index in [1.165, 1.54) is 18.4 Å². The van der Waals surface area contributed by atoms with E-state index in [1.54, 1.807) is 0 Å². The summed E-state index contributed by atoms with van der Waals surface area (Å²) in [6.07, 6.45) is 11.6. The highest BCUT2D eigenvalue weighted by molar-refractivity contribution is 5.17. The Morgan fingerprint density at radius 2 is 1.91 bits per heavy atom. The fraction of sp³-hybridized carbons (Fsp3) is 0.636. The largest absolute Gasteiger partial charge is 0.0843 e.